The fraction of sp³-hybridized carbons (Fsp3) is 0.645. The van der Waals surface area contributed by atoms with Crippen LogP contribution in [0.15, 0.2) is 146 Å². The van der Waals surface area contributed by atoms with Crippen molar-refractivity contribution in [3.8, 4) is 0 Å². The average molecular weight is 1130 g/mol. The van der Waals surface area contributed by atoms with Gasteiger partial charge in [-0.1, -0.05) is 289 Å². The summed E-state index contributed by atoms with van der Waals surface area (Å²) in [5.74, 6) is -0.982. The van der Waals surface area contributed by atoms with Gasteiger partial charge in [-0.2, -0.15) is 0 Å². The number of carbonyl (C=O) groups is 3. The first-order valence-corrected chi connectivity index (χ1v) is 33.8. The predicted octanol–water partition coefficient (Wildman–Crippen LogP) is 23.5. The summed E-state index contributed by atoms with van der Waals surface area (Å²) < 4.78 is 16.9. The Morgan fingerprint density at radius 3 is 0.841 bits per heavy atom. The van der Waals surface area contributed by atoms with Gasteiger partial charge in [0.1, 0.15) is 13.2 Å². The van der Waals surface area contributed by atoms with Gasteiger partial charge in [0, 0.05) is 19.3 Å². The monoisotopic (exact) mass is 1130 g/mol. The fourth-order valence-electron chi connectivity index (χ4n) is 8.99. The van der Waals surface area contributed by atoms with Crippen LogP contribution in [0.2, 0.25) is 0 Å². The van der Waals surface area contributed by atoms with Crippen LogP contribution in [0.25, 0.3) is 0 Å². The maximum Gasteiger partial charge on any atom is 0.306 e. The minimum atomic E-state index is -0.816. The molecule has 0 bridgehead atoms. The van der Waals surface area contributed by atoms with Crippen LogP contribution in [0.4, 0.5) is 0 Å². The minimum absolute atomic E-state index is 0.108. The summed E-state index contributed by atoms with van der Waals surface area (Å²) in [6.45, 7) is 6.44. The molecule has 0 rings (SSSR count). The van der Waals surface area contributed by atoms with Gasteiger partial charge < -0.3 is 14.2 Å². The van der Waals surface area contributed by atoms with Gasteiger partial charge >= 0.3 is 17.9 Å². The number of allylic oxidation sites excluding steroid dienone is 24. The van der Waals surface area contributed by atoms with Gasteiger partial charge in [0.15, 0.2) is 6.10 Å². The number of esters is 3. The molecular weight excluding hydrogens is 1010 g/mol. The van der Waals surface area contributed by atoms with Gasteiger partial charge in [-0.05, 0) is 135 Å². The smallest absolute Gasteiger partial charge is 0.306 e. The van der Waals surface area contributed by atoms with Crippen molar-refractivity contribution in [3.05, 3.63) is 146 Å². The number of unbranched alkanes of at least 4 members (excludes halogenated alkanes) is 25. The molecule has 0 aromatic rings. The van der Waals surface area contributed by atoms with E-state index < -0.39 is 6.10 Å². The summed E-state index contributed by atoms with van der Waals surface area (Å²) in [5, 5.41) is 0. The van der Waals surface area contributed by atoms with Crippen molar-refractivity contribution in [2.45, 2.75) is 303 Å². The Hall–Kier alpha value is -4.71. The molecule has 0 radical (unpaired) electrons. The third kappa shape index (κ3) is 66.1. The maximum atomic E-state index is 12.9. The third-order valence-electron chi connectivity index (χ3n) is 14.0. The molecule has 0 aromatic heterocycles. The van der Waals surface area contributed by atoms with E-state index in [-0.39, 0.29) is 37.5 Å². The predicted molar refractivity (Wildman–Crippen MR) is 357 cm³/mol. The first kappa shape index (κ1) is 77.3. The molecule has 0 saturated heterocycles. The van der Waals surface area contributed by atoms with Crippen LogP contribution in [0.3, 0.4) is 0 Å². The van der Waals surface area contributed by atoms with Crippen LogP contribution >= 0.6 is 0 Å². The molecule has 0 aromatic carbocycles. The van der Waals surface area contributed by atoms with Crippen molar-refractivity contribution in [2.24, 2.45) is 0 Å². The Morgan fingerprint density at radius 1 is 0.256 bits per heavy atom. The second-order valence-corrected chi connectivity index (χ2v) is 22.0. The van der Waals surface area contributed by atoms with Crippen molar-refractivity contribution >= 4 is 17.9 Å². The van der Waals surface area contributed by atoms with E-state index in [1.54, 1.807) is 0 Å². The molecule has 6 heteroatoms. The van der Waals surface area contributed by atoms with Gasteiger partial charge in [0.05, 0.1) is 0 Å². The Kier molecular flexibility index (Phi) is 64.8. The Balaban J connectivity index is 4.46. The Morgan fingerprint density at radius 2 is 0.500 bits per heavy atom. The van der Waals surface area contributed by atoms with Crippen LogP contribution in [0.5, 0.6) is 0 Å². The van der Waals surface area contributed by atoms with Gasteiger partial charge in [-0.25, -0.2) is 0 Å². The first-order valence-electron chi connectivity index (χ1n) is 33.8. The normalized spacial score (nSPS) is 13.1. The zero-order valence-electron chi connectivity index (χ0n) is 53.2. The lowest BCUT2D eigenvalue weighted by molar-refractivity contribution is -0.167. The number of ether oxygens (including phenoxy) is 3. The van der Waals surface area contributed by atoms with Crippen LogP contribution in [-0.2, 0) is 28.6 Å². The Bertz CT molecular complexity index is 1780. The van der Waals surface area contributed by atoms with Gasteiger partial charge in [-0.3, -0.25) is 14.4 Å². The molecular formula is C76H124O6. The number of hydrogen-bond donors (Lipinski definition) is 0. The summed E-state index contributed by atoms with van der Waals surface area (Å²) >= 11 is 0. The van der Waals surface area contributed by atoms with E-state index >= 15 is 0 Å². The highest BCUT2D eigenvalue weighted by molar-refractivity contribution is 5.71. The van der Waals surface area contributed by atoms with E-state index in [9.17, 15) is 14.4 Å². The zero-order chi connectivity index (χ0) is 59.2. The molecule has 0 fully saturated rings. The summed E-state index contributed by atoms with van der Waals surface area (Å²) in [7, 11) is 0. The van der Waals surface area contributed by atoms with E-state index in [4.69, 9.17) is 14.2 Å². The molecule has 1 atom stereocenters. The van der Waals surface area contributed by atoms with E-state index in [1.807, 2.05) is 0 Å². The van der Waals surface area contributed by atoms with Crippen LogP contribution in [0, 0.1) is 0 Å². The van der Waals surface area contributed by atoms with Crippen molar-refractivity contribution in [3.63, 3.8) is 0 Å². The summed E-state index contributed by atoms with van der Waals surface area (Å²) in [6, 6.07) is 0. The molecule has 0 N–H and O–H groups in total. The van der Waals surface area contributed by atoms with E-state index in [2.05, 4.69) is 167 Å². The molecule has 0 saturated carbocycles. The second-order valence-electron chi connectivity index (χ2n) is 22.0. The number of carbonyl (C=O) groups excluding carboxylic acids is 3. The van der Waals surface area contributed by atoms with E-state index in [0.29, 0.717) is 19.3 Å². The Labute approximate surface area is 506 Å². The molecule has 464 valence electrons. The van der Waals surface area contributed by atoms with Crippen molar-refractivity contribution in [2.75, 3.05) is 13.2 Å². The lowest BCUT2D eigenvalue weighted by atomic mass is 10.1. The minimum Gasteiger partial charge on any atom is -0.462 e. The van der Waals surface area contributed by atoms with Crippen LogP contribution < -0.4 is 0 Å². The van der Waals surface area contributed by atoms with Gasteiger partial charge in [-0.15, -0.1) is 0 Å². The summed E-state index contributed by atoms with van der Waals surface area (Å²) in [5.41, 5.74) is 0. The molecule has 6 nitrogen and oxygen atoms in total. The van der Waals surface area contributed by atoms with Crippen molar-refractivity contribution in [1.82, 2.24) is 0 Å². The van der Waals surface area contributed by atoms with Crippen LogP contribution in [0.1, 0.15) is 297 Å². The SMILES string of the molecule is CC/C=C\C/C=C\C/C=C\C/C=C\C/C=C\C/C=C\C/C=C\C/C=C\C/C=C\CCCC(=O)OCC(COC(=O)CCCCCCC/C=C\C/C=C\CCCC)OC(=O)CCCCCCCCCCC/C=C\CCCCCCCCCC. The molecule has 1 unspecified atom stereocenters. The number of hydrogen-bond acceptors (Lipinski definition) is 6. The molecule has 0 amide bonds. The fourth-order valence-corrected chi connectivity index (χ4v) is 8.99. The highest BCUT2D eigenvalue weighted by Gasteiger charge is 2.19. The van der Waals surface area contributed by atoms with E-state index in [1.165, 1.54) is 122 Å². The maximum absolute atomic E-state index is 12.9. The molecule has 0 aliphatic heterocycles. The van der Waals surface area contributed by atoms with E-state index in [0.717, 1.165) is 128 Å². The van der Waals surface area contributed by atoms with Crippen molar-refractivity contribution in [1.29, 1.82) is 0 Å². The molecule has 82 heavy (non-hydrogen) atoms. The zero-order valence-corrected chi connectivity index (χ0v) is 53.2. The highest BCUT2D eigenvalue weighted by Crippen LogP contribution is 2.15. The van der Waals surface area contributed by atoms with Gasteiger partial charge in [0.2, 0.25) is 0 Å². The lowest BCUT2D eigenvalue weighted by Crippen LogP contribution is -2.30. The van der Waals surface area contributed by atoms with Crippen LogP contribution in [-0.4, -0.2) is 37.2 Å². The summed E-state index contributed by atoms with van der Waals surface area (Å²) in [6.07, 6.45) is 98.6. The average Bonchev–Trinajstić information content (AvgIpc) is 3.47. The van der Waals surface area contributed by atoms with Gasteiger partial charge in [0.25, 0.3) is 0 Å². The lowest BCUT2D eigenvalue weighted by Gasteiger charge is -2.18. The molecule has 0 aliphatic rings. The molecule has 0 spiro atoms. The first-order chi connectivity index (χ1) is 40.5. The standard InChI is InChI=1S/C76H124O6/c1-4-7-10-13-16-19-22-25-28-30-32-34-35-36-37-38-39-40-41-43-44-46-48-51-54-57-60-63-66-69-75(78)81-72-73(71-80-74(77)68-65-62-59-56-53-50-27-24-21-18-15-12-9-6-3)82-76(79)70-67-64-61-58-55-52-49-47-45-42-33-31-29-26-23-20-17-14-11-8-5-2/h7,10,15-16,18-19,24-25,27-28,31-34,36-37,39-40,43-44,48,51,57,60,73H,4-6,8-9,11-14,17,20-23,26,29-30,35,38,41-42,45-47,49-50,52-56,58-59,61-72H2,1-3H3/b10-7-,18-15-,19-16-,27-24-,28-25-,33-31-,34-32-,37-36-,40-39-,44-43-,51-48-,60-57-. The highest BCUT2D eigenvalue weighted by atomic mass is 16.6. The summed E-state index contributed by atoms with van der Waals surface area (Å²) in [4.78, 5) is 38.4. The topological polar surface area (TPSA) is 78.9 Å². The largest absolute Gasteiger partial charge is 0.462 e. The third-order valence-corrected chi connectivity index (χ3v) is 14.0. The van der Waals surface area contributed by atoms with Crippen molar-refractivity contribution < 1.29 is 28.6 Å². The number of rotatable bonds is 60. The second kappa shape index (κ2) is 68.8. The quantitative estimate of drug-likeness (QED) is 0.0261. The molecule has 0 aliphatic carbocycles. The molecule has 0 heterocycles.